The van der Waals surface area contributed by atoms with Gasteiger partial charge in [0.2, 0.25) is 5.76 Å². The van der Waals surface area contributed by atoms with Crippen LogP contribution in [0, 0.1) is 0 Å². The molecule has 1 aliphatic heterocycles. The van der Waals surface area contributed by atoms with Crippen LogP contribution in [0.15, 0.2) is 60.4 Å². The van der Waals surface area contributed by atoms with Crippen molar-refractivity contribution in [1.29, 1.82) is 0 Å². The summed E-state index contributed by atoms with van der Waals surface area (Å²) in [5.74, 6) is 2.86. The SMILES string of the molecule is CC1(C)c2ccccc2-c2c1c1c(c3ccccc23)OC(=C=O)C=C1. The van der Waals surface area contributed by atoms with E-state index in [0.29, 0.717) is 0 Å². The Labute approximate surface area is 146 Å². The third kappa shape index (κ3) is 1.72. The molecule has 2 aliphatic rings. The molecule has 2 heteroatoms. The Bertz CT molecular complexity index is 1140. The van der Waals surface area contributed by atoms with Crippen molar-refractivity contribution in [3.8, 4) is 16.9 Å². The highest BCUT2D eigenvalue weighted by atomic mass is 16.5. The number of rotatable bonds is 0. The second kappa shape index (κ2) is 4.72. The second-order valence-electron chi connectivity index (χ2n) is 7.11. The number of ether oxygens (including phenoxy) is 1. The molecule has 0 aromatic heterocycles. The number of hydrogen-bond acceptors (Lipinski definition) is 2. The Morgan fingerprint density at radius 2 is 1.64 bits per heavy atom. The smallest absolute Gasteiger partial charge is 0.210 e. The van der Waals surface area contributed by atoms with Gasteiger partial charge >= 0.3 is 0 Å². The Balaban J connectivity index is 2.02. The topological polar surface area (TPSA) is 26.3 Å². The van der Waals surface area contributed by atoms with Crippen LogP contribution in [-0.4, -0.2) is 5.94 Å². The molecule has 0 radical (unpaired) electrons. The van der Waals surface area contributed by atoms with E-state index in [9.17, 15) is 4.79 Å². The van der Waals surface area contributed by atoms with Crippen LogP contribution in [0.25, 0.3) is 28.0 Å². The van der Waals surface area contributed by atoms with Crippen LogP contribution in [0.4, 0.5) is 0 Å². The Hall–Kier alpha value is -3.09. The zero-order valence-corrected chi connectivity index (χ0v) is 14.1. The average Bonchev–Trinajstić information content (AvgIpc) is 2.90. The van der Waals surface area contributed by atoms with Crippen molar-refractivity contribution in [1.82, 2.24) is 0 Å². The lowest BCUT2D eigenvalue weighted by atomic mass is 9.78. The highest BCUT2D eigenvalue weighted by molar-refractivity contribution is 6.08. The van der Waals surface area contributed by atoms with Crippen molar-refractivity contribution in [3.63, 3.8) is 0 Å². The van der Waals surface area contributed by atoms with Gasteiger partial charge in [0.15, 0.2) is 5.94 Å². The van der Waals surface area contributed by atoms with E-state index >= 15 is 0 Å². The molecule has 1 aliphatic carbocycles. The monoisotopic (exact) mass is 324 g/mol. The van der Waals surface area contributed by atoms with E-state index in [1.54, 1.807) is 6.08 Å². The molecule has 0 bridgehead atoms. The van der Waals surface area contributed by atoms with Crippen LogP contribution in [-0.2, 0) is 10.2 Å². The van der Waals surface area contributed by atoms with Gasteiger partial charge in [-0.2, -0.15) is 0 Å². The minimum absolute atomic E-state index is 0.129. The minimum atomic E-state index is -0.129. The molecule has 0 unspecified atom stereocenters. The lowest BCUT2D eigenvalue weighted by Gasteiger charge is -2.27. The quantitative estimate of drug-likeness (QED) is 0.527. The molecular weight excluding hydrogens is 308 g/mol. The largest absolute Gasteiger partial charge is 0.444 e. The number of fused-ring (bicyclic) bond motifs is 8. The van der Waals surface area contributed by atoms with Gasteiger partial charge in [0.25, 0.3) is 0 Å². The van der Waals surface area contributed by atoms with Crippen molar-refractivity contribution in [2.24, 2.45) is 0 Å². The molecule has 3 aromatic carbocycles. The molecule has 2 nitrogen and oxygen atoms in total. The molecule has 0 saturated heterocycles. The van der Waals surface area contributed by atoms with Crippen molar-refractivity contribution < 1.29 is 9.53 Å². The average molecular weight is 324 g/mol. The summed E-state index contributed by atoms with van der Waals surface area (Å²) in [5.41, 5.74) is 6.09. The van der Waals surface area contributed by atoms with Crippen LogP contribution in [0.3, 0.4) is 0 Å². The van der Waals surface area contributed by atoms with Crippen LogP contribution in [0.1, 0.15) is 30.5 Å². The molecule has 0 atom stereocenters. The van der Waals surface area contributed by atoms with Gasteiger partial charge in [0.1, 0.15) is 5.75 Å². The number of hydrogen-bond donors (Lipinski definition) is 0. The van der Waals surface area contributed by atoms with Gasteiger partial charge in [0, 0.05) is 16.4 Å². The maximum Gasteiger partial charge on any atom is 0.210 e. The number of carbonyl (C=O) groups excluding carboxylic acids is 1. The van der Waals surface area contributed by atoms with Crippen molar-refractivity contribution in [3.05, 3.63) is 77.1 Å². The molecule has 1 heterocycles. The second-order valence-corrected chi connectivity index (χ2v) is 7.11. The van der Waals surface area contributed by atoms with Gasteiger partial charge in [-0.05, 0) is 39.8 Å². The summed E-state index contributed by atoms with van der Waals surface area (Å²) in [6.07, 6.45) is 3.71. The van der Waals surface area contributed by atoms with Gasteiger partial charge in [-0.15, -0.1) is 0 Å². The molecule has 5 rings (SSSR count). The van der Waals surface area contributed by atoms with E-state index in [1.807, 2.05) is 18.1 Å². The maximum absolute atomic E-state index is 11.1. The summed E-state index contributed by atoms with van der Waals surface area (Å²) in [5, 5.41) is 2.19. The van der Waals surface area contributed by atoms with Crippen molar-refractivity contribution in [2.45, 2.75) is 19.3 Å². The molecular formula is C23H16O2. The van der Waals surface area contributed by atoms with Gasteiger partial charge in [-0.3, -0.25) is 0 Å². The van der Waals surface area contributed by atoms with E-state index in [4.69, 9.17) is 4.74 Å². The lowest BCUT2D eigenvalue weighted by molar-refractivity contribution is 0.441. The van der Waals surface area contributed by atoms with Gasteiger partial charge in [-0.1, -0.05) is 62.4 Å². The lowest BCUT2D eigenvalue weighted by Crippen LogP contribution is -2.18. The molecule has 0 spiro atoms. The first-order chi connectivity index (χ1) is 12.1. The third-order valence-corrected chi connectivity index (χ3v) is 5.41. The van der Waals surface area contributed by atoms with E-state index in [-0.39, 0.29) is 11.2 Å². The Kier molecular flexibility index (Phi) is 2.69. The van der Waals surface area contributed by atoms with Crippen LogP contribution in [0.2, 0.25) is 0 Å². The normalized spacial score (nSPS) is 16.0. The summed E-state index contributed by atoms with van der Waals surface area (Å²) in [6, 6.07) is 16.9. The molecule has 120 valence electrons. The highest BCUT2D eigenvalue weighted by Gasteiger charge is 2.40. The zero-order chi connectivity index (χ0) is 17.2. The first-order valence-electron chi connectivity index (χ1n) is 8.43. The zero-order valence-electron chi connectivity index (χ0n) is 14.1. The summed E-state index contributed by atoms with van der Waals surface area (Å²) in [4.78, 5) is 11.1. The van der Waals surface area contributed by atoms with Crippen molar-refractivity contribution >= 4 is 22.8 Å². The number of benzene rings is 3. The molecule has 0 saturated carbocycles. The molecule has 0 fully saturated rings. The predicted octanol–water partition coefficient (Wildman–Crippen LogP) is 5.27. The fraction of sp³-hybridized carbons (Fsp3) is 0.130. The standard InChI is InChI=1S/C23H16O2/c1-23(2)19-10-6-5-9-17(19)20-15-7-3-4-8-16(15)22-18(21(20)23)12-11-14(13-24)25-22/h3-12H,1-2H3. The Morgan fingerprint density at radius 3 is 2.44 bits per heavy atom. The summed E-state index contributed by atoms with van der Waals surface area (Å²) >= 11 is 0. The van der Waals surface area contributed by atoms with E-state index in [1.165, 1.54) is 22.3 Å². The van der Waals surface area contributed by atoms with Crippen LogP contribution < -0.4 is 4.74 Å². The van der Waals surface area contributed by atoms with Crippen LogP contribution >= 0.6 is 0 Å². The summed E-state index contributed by atoms with van der Waals surface area (Å²) in [7, 11) is 0. The highest BCUT2D eigenvalue weighted by Crippen LogP contribution is 2.56. The van der Waals surface area contributed by atoms with Gasteiger partial charge < -0.3 is 4.74 Å². The molecule has 3 aromatic rings. The molecule has 0 amide bonds. The third-order valence-electron chi connectivity index (χ3n) is 5.41. The summed E-state index contributed by atoms with van der Waals surface area (Å²) < 4.78 is 5.92. The molecule has 25 heavy (non-hydrogen) atoms. The minimum Gasteiger partial charge on any atom is -0.444 e. The maximum atomic E-state index is 11.1. The van der Waals surface area contributed by atoms with Crippen molar-refractivity contribution in [2.75, 3.05) is 0 Å². The Morgan fingerprint density at radius 1 is 0.920 bits per heavy atom. The van der Waals surface area contributed by atoms with E-state index in [0.717, 1.165) is 22.1 Å². The van der Waals surface area contributed by atoms with E-state index < -0.39 is 0 Å². The summed E-state index contributed by atoms with van der Waals surface area (Å²) in [6.45, 7) is 4.51. The predicted molar refractivity (Wildman–Crippen MR) is 100 cm³/mol. The number of allylic oxidation sites excluding steroid dienone is 1. The van der Waals surface area contributed by atoms with E-state index in [2.05, 4.69) is 56.3 Å². The first kappa shape index (κ1) is 14.3. The fourth-order valence-electron chi connectivity index (χ4n) is 4.36. The van der Waals surface area contributed by atoms with Gasteiger partial charge in [0.05, 0.1) is 0 Å². The first-order valence-corrected chi connectivity index (χ1v) is 8.43. The molecule has 0 N–H and O–H groups in total. The van der Waals surface area contributed by atoms with Crippen LogP contribution in [0.5, 0.6) is 5.75 Å². The van der Waals surface area contributed by atoms with Gasteiger partial charge in [-0.25, -0.2) is 4.79 Å². The fourth-order valence-corrected chi connectivity index (χ4v) is 4.36.